The summed E-state index contributed by atoms with van der Waals surface area (Å²) in [6, 6.07) is 7.28. The highest BCUT2D eigenvalue weighted by Crippen LogP contribution is 2.19. The lowest BCUT2D eigenvalue weighted by atomic mass is 10.0. The number of carbonyl (C=O) groups is 1. The van der Waals surface area contributed by atoms with Gasteiger partial charge in [-0.15, -0.1) is 6.58 Å². The molecule has 0 spiro atoms. The summed E-state index contributed by atoms with van der Waals surface area (Å²) in [6.45, 7) is 11.0. The number of benzene rings is 1. The van der Waals surface area contributed by atoms with Crippen molar-refractivity contribution in [2.75, 3.05) is 13.1 Å². The summed E-state index contributed by atoms with van der Waals surface area (Å²) in [5, 5.41) is 12.7. The molecule has 1 amide bonds. The number of rotatable bonds is 9. The molecule has 2 heterocycles. The minimum Gasteiger partial charge on any atom is -0.508 e. The smallest absolute Gasteiger partial charge is 0.234 e. The van der Waals surface area contributed by atoms with E-state index in [2.05, 4.69) is 21.8 Å². The monoisotopic (exact) mass is 454 g/mol. The van der Waals surface area contributed by atoms with Crippen molar-refractivity contribution in [3.63, 3.8) is 0 Å². The van der Waals surface area contributed by atoms with Crippen LogP contribution < -0.4 is 5.32 Å². The topological polar surface area (TPSA) is 70.4 Å². The Morgan fingerprint density at radius 3 is 2.88 bits per heavy atom. The first-order valence-corrected chi connectivity index (χ1v) is 11.4. The number of hydrogen-bond donors (Lipinski definition) is 2. The molecule has 1 aliphatic rings. The van der Waals surface area contributed by atoms with Crippen LogP contribution in [0.4, 0.5) is 4.39 Å². The Morgan fingerprint density at radius 1 is 1.39 bits per heavy atom. The minimum absolute atomic E-state index is 0.0132. The summed E-state index contributed by atoms with van der Waals surface area (Å²) in [4.78, 5) is 18.5. The van der Waals surface area contributed by atoms with Crippen LogP contribution in [0.5, 0.6) is 5.75 Å². The molecule has 1 aliphatic heterocycles. The van der Waals surface area contributed by atoms with Gasteiger partial charge >= 0.3 is 0 Å². The molecule has 6 nitrogen and oxygen atoms in total. The Morgan fingerprint density at radius 2 is 2.18 bits per heavy atom. The van der Waals surface area contributed by atoms with Gasteiger partial charge < -0.3 is 15.0 Å². The van der Waals surface area contributed by atoms with Crippen LogP contribution in [0.3, 0.4) is 0 Å². The molecular formula is C26H35FN4O2. The molecule has 1 aromatic heterocycles. The number of piperazine rings is 1. The summed E-state index contributed by atoms with van der Waals surface area (Å²) >= 11 is 0. The summed E-state index contributed by atoms with van der Waals surface area (Å²) in [5.74, 6) is -0.0336. The highest BCUT2D eigenvalue weighted by molar-refractivity contribution is 5.78. The number of allylic oxidation sites excluding steroid dienone is 5. The van der Waals surface area contributed by atoms with Gasteiger partial charge in [0.2, 0.25) is 5.91 Å². The quantitative estimate of drug-likeness (QED) is 0.431. The van der Waals surface area contributed by atoms with E-state index in [4.69, 9.17) is 0 Å². The number of carbonyl (C=O) groups excluding carboxylic acids is 1. The van der Waals surface area contributed by atoms with Crippen molar-refractivity contribution < 1.29 is 14.3 Å². The van der Waals surface area contributed by atoms with Crippen molar-refractivity contribution in [2.24, 2.45) is 0 Å². The first-order valence-electron chi connectivity index (χ1n) is 11.4. The second-order valence-electron chi connectivity index (χ2n) is 7.78. The fourth-order valence-corrected chi connectivity index (χ4v) is 3.76. The summed E-state index contributed by atoms with van der Waals surface area (Å²) in [7, 11) is 0. The lowest BCUT2D eigenvalue weighted by Crippen LogP contribution is -2.54. The molecule has 1 aromatic carbocycles. The molecule has 1 unspecified atom stereocenters. The second kappa shape index (κ2) is 13.4. The molecule has 0 aliphatic carbocycles. The van der Waals surface area contributed by atoms with Crippen molar-refractivity contribution in [1.82, 2.24) is 19.8 Å². The van der Waals surface area contributed by atoms with E-state index in [1.807, 2.05) is 36.6 Å². The van der Waals surface area contributed by atoms with Crippen LogP contribution in [0.1, 0.15) is 38.4 Å². The van der Waals surface area contributed by atoms with Crippen molar-refractivity contribution in [3.05, 3.63) is 84.3 Å². The predicted molar refractivity (Wildman–Crippen MR) is 130 cm³/mol. The molecule has 178 valence electrons. The van der Waals surface area contributed by atoms with Crippen LogP contribution in [-0.4, -0.2) is 44.6 Å². The van der Waals surface area contributed by atoms with Gasteiger partial charge in [-0.25, -0.2) is 9.37 Å². The fraction of sp³-hybridized carbons (Fsp3) is 0.385. The second-order valence-corrected chi connectivity index (χ2v) is 7.78. The Bertz CT molecular complexity index is 976. The molecule has 1 fully saturated rings. The van der Waals surface area contributed by atoms with Gasteiger partial charge in [0.25, 0.3) is 0 Å². The molecule has 3 rings (SSSR count). The van der Waals surface area contributed by atoms with Crippen LogP contribution in [0, 0.1) is 0 Å². The lowest BCUT2D eigenvalue weighted by molar-refractivity contribution is -0.125. The van der Waals surface area contributed by atoms with Crippen molar-refractivity contribution in [3.8, 4) is 5.75 Å². The molecular weight excluding hydrogens is 419 g/mol. The van der Waals surface area contributed by atoms with E-state index in [9.17, 15) is 14.3 Å². The maximum Gasteiger partial charge on any atom is 0.234 e. The maximum absolute atomic E-state index is 13.5. The third kappa shape index (κ3) is 8.35. The molecule has 7 heteroatoms. The number of imidazole rings is 1. The number of phenols is 1. The van der Waals surface area contributed by atoms with E-state index in [1.165, 1.54) is 13.0 Å². The first-order chi connectivity index (χ1) is 15.9. The molecule has 2 aromatic rings. The van der Waals surface area contributed by atoms with Crippen molar-refractivity contribution in [2.45, 2.75) is 52.7 Å². The van der Waals surface area contributed by atoms with Crippen LogP contribution in [-0.2, 0) is 24.3 Å². The summed E-state index contributed by atoms with van der Waals surface area (Å²) in [5.41, 5.74) is 2.80. The average molecular weight is 455 g/mol. The number of nitrogens with one attached hydrogen (secondary N) is 1. The fourth-order valence-electron chi connectivity index (χ4n) is 3.76. The SMILES string of the molecule is C=CC/C=C(\C=C(/C)F)Cn1cncc1CN1CC(=O)NCC1Cc1cccc(O)c1.CC. The molecule has 0 saturated carbocycles. The van der Waals surface area contributed by atoms with E-state index in [-0.39, 0.29) is 30.1 Å². The molecule has 0 radical (unpaired) electrons. The Labute approximate surface area is 196 Å². The zero-order valence-electron chi connectivity index (χ0n) is 19.8. The Hall–Kier alpha value is -3.19. The number of nitrogens with zero attached hydrogens (tertiary/aromatic N) is 3. The van der Waals surface area contributed by atoms with Crippen molar-refractivity contribution >= 4 is 5.91 Å². The summed E-state index contributed by atoms with van der Waals surface area (Å²) < 4.78 is 15.5. The van der Waals surface area contributed by atoms with Gasteiger partial charge in [-0.1, -0.05) is 38.1 Å². The third-order valence-electron chi connectivity index (χ3n) is 5.23. The average Bonchev–Trinajstić information content (AvgIpc) is 3.21. The Balaban J connectivity index is 0.00000187. The normalized spacial score (nSPS) is 17.2. The lowest BCUT2D eigenvalue weighted by Gasteiger charge is -2.35. The standard InChI is InChI=1S/C24H29FN4O2.C2H6/c1-3-4-6-20(9-18(2)25)14-29-17-26-12-22(29)15-28-16-24(31)27-13-21(28)10-19-7-5-8-23(30)11-19;1-2/h3,5-9,11-12,17,21,30H,1,4,10,13-16H2,2H3,(H,27,31);1-2H3/b18-9+,20-6+;. The van der Waals surface area contributed by atoms with Crippen LogP contribution >= 0.6 is 0 Å². The van der Waals surface area contributed by atoms with E-state index < -0.39 is 0 Å². The highest BCUT2D eigenvalue weighted by Gasteiger charge is 2.27. The summed E-state index contributed by atoms with van der Waals surface area (Å²) in [6.07, 6.45) is 10.1. The number of aromatic nitrogens is 2. The maximum atomic E-state index is 13.5. The first kappa shape index (κ1) is 26.1. The van der Waals surface area contributed by atoms with E-state index in [0.29, 0.717) is 32.5 Å². The van der Waals surface area contributed by atoms with Crippen LogP contribution in [0.15, 0.2) is 73.0 Å². The van der Waals surface area contributed by atoms with E-state index in [0.717, 1.165) is 16.8 Å². The zero-order valence-corrected chi connectivity index (χ0v) is 19.8. The molecule has 33 heavy (non-hydrogen) atoms. The minimum atomic E-state index is -0.254. The van der Waals surface area contributed by atoms with Crippen LogP contribution in [0.2, 0.25) is 0 Å². The third-order valence-corrected chi connectivity index (χ3v) is 5.23. The van der Waals surface area contributed by atoms with Crippen LogP contribution in [0.25, 0.3) is 0 Å². The predicted octanol–water partition coefficient (Wildman–Crippen LogP) is 4.53. The van der Waals surface area contributed by atoms with Gasteiger partial charge in [0.15, 0.2) is 0 Å². The van der Waals surface area contributed by atoms with Gasteiger partial charge in [0, 0.05) is 31.9 Å². The van der Waals surface area contributed by atoms with E-state index in [1.54, 1.807) is 30.7 Å². The molecule has 1 atom stereocenters. The van der Waals surface area contributed by atoms with Gasteiger partial charge in [-0.2, -0.15) is 0 Å². The largest absolute Gasteiger partial charge is 0.508 e. The molecule has 1 saturated heterocycles. The number of halogens is 1. The van der Waals surface area contributed by atoms with Gasteiger partial charge in [0.1, 0.15) is 5.75 Å². The van der Waals surface area contributed by atoms with Crippen molar-refractivity contribution in [1.29, 1.82) is 0 Å². The number of phenolic OH excluding ortho intramolecular Hbond substituents is 1. The van der Waals surface area contributed by atoms with E-state index >= 15 is 0 Å². The Kier molecular flexibility index (Phi) is 10.6. The molecule has 0 bridgehead atoms. The number of amides is 1. The van der Waals surface area contributed by atoms with Gasteiger partial charge in [0.05, 0.1) is 24.4 Å². The number of aromatic hydroxyl groups is 1. The zero-order chi connectivity index (χ0) is 24.2. The number of hydrogen-bond acceptors (Lipinski definition) is 4. The highest BCUT2D eigenvalue weighted by atomic mass is 19.1. The van der Waals surface area contributed by atoms with Gasteiger partial charge in [-0.05, 0) is 49.1 Å². The van der Waals surface area contributed by atoms with Gasteiger partial charge in [-0.3, -0.25) is 9.69 Å². The molecule has 2 N–H and O–H groups in total.